The van der Waals surface area contributed by atoms with Crippen LogP contribution in [-0.4, -0.2) is 32.4 Å². The second-order valence-electron chi connectivity index (χ2n) is 4.84. The molecule has 6 heteroatoms. The van der Waals surface area contributed by atoms with E-state index in [2.05, 4.69) is 13.2 Å². The van der Waals surface area contributed by atoms with E-state index >= 15 is 0 Å². The number of rotatable bonds is 7. The molecule has 0 bridgehead atoms. The van der Waals surface area contributed by atoms with Crippen LogP contribution in [0.2, 0.25) is 0 Å². The summed E-state index contributed by atoms with van der Waals surface area (Å²) in [4.78, 5) is 0.123. The molecular weight excluding hydrogens is 288 g/mol. The van der Waals surface area contributed by atoms with Gasteiger partial charge in [-0.15, -0.1) is 0 Å². The summed E-state index contributed by atoms with van der Waals surface area (Å²) in [6, 6.07) is 0. The van der Waals surface area contributed by atoms with Gasteiger partial charge in [-0.05, 0) is 37.5 Å². The van der Waals surface area contributed by atoms with E-state index in [0.29, 0.717) is 32.5 Å². The van der Waals surface area contributed by atoms with E-state index in [1.54, 1.807) is 0 Å². The Labute approximate surface area is 127 Å². The second-order valence-corrected chi connectivity index (χ2v) is 6.78. The van der Waals surface area contributed by atoms with Gasteiger partial charge in [0.2, 0.25) is 10.0 Å². The first-order chi connectivity index (χ1) is 9.91. The van der Waals surface area contributed by atoms with Crippen LogP contribution in [0.1, 0.15) is 26.2 Å². The number of allylic oxidation sites excluding steroid dienone is 3. The molecule has 118 valence electrons. The van der Waals surface area contributed by atoms with Crippen molar-refractivity contribution < 1.29 is 13.2 Å². The summed E-state index contributed by atoms with van der Waals surface area (Å²) in [7, 11) is -3.53. The molecule has 0 aromatic heterocycles. The molecule has 1 fully saturated rings. The van der Waals surface area contributed by atoms with Gasteiger partial charge in [0.15, 0.2) is 5.88 Å². The van der Waals surface area contributed by atoms with Crippen molar-refractivity contribution in [2.24, 2.45) is 5.73 Å². The lowest BCUT2D eigenvalue weighted by Gasteiger charge is -2.27. The first-order valence-corrected chi connectivity index (χ1v) is 8.45. The van der Waals surface area contributed by atoms with Crippen molar-refractivity contribution in [2.45, 2.75) is 26.2 Å². The minimum atomic E-state index is -3.53. The zero-order valence-electron chi connectivity index (χ0n) is 12.5. The number of hydrogen-bond acceptors (Lipinski definition) is 4. The second kappa shape index (κ2) is 8.05. The Bertz CT molecular complexity index is 537. The predicted molar refractivity (Wildman–Crippen MR) is 85.7 cm³/mol. The van der Waals surface area contributed by atoms with Gasteiger partial charge in [0.25, 0.3) is 0 Å². The Morgan fingerprint density at radius 1 is 1.38 bits per heavy atom. The highest BCUT2D eigenvalue weighted by atomic mass is 32.2. The first kappa shape index (κ1) is 17.5. The molecular formula is C15H24N2O3S. The van der Waals surface area contributed by atoms with Gasteiger partial charge in [0.1, 0.15) is 0 Å². The van der Waals surface area contributed by atoms with E-state index < -0.39 is 10.0 Å². The average Bonchev–Trinajstić information content (AvgIpc) is 2.46. The fraction of sp³-hybridized carbons (Fsp3) is 0.467. The quantitative estimate of drug-likeness (QED) is 0.444. The summed E-state index contributed by atoms with van der Waals surface area (Å²) >= 11 is 0. The topological polar surface area (TPSA) is 72.6 Å². The molecule has 1 rings (SSSR count). The maximum Gasteiger partial charge on any atom is 0.243 e. The highest BCUT2D eigenvalue weighted by molar-refractivity contribution is 7.93. The first-order valence-electron chi connectivity index (χ1n) is 7.01. The van der Waals surface area contributed by atoms with Crippen LogP contribution in [0.15, 0.2) is 47.7 Å². The van der Waals surface area contributed by atoms with E-state index in [1.807, 2.05) is 6.92 Å². The van der Waals surface area contributed by atoms with Crippen molar-refractivity contribution in [1.82, 2.24) is 4.31 Å². The molecule has 0 aromatic carbocycles. The third-order valence-corrected chi connectivity index (χ3v) is 5.10. The molecule has 0 aliphatic carbocycles. The van der Waals surface area contributed by atoms with Gasteiger partial charge in [0.05, 0.1) is 11.5 Å². The van der Waals surface area contributed by atoms with Crippen LogP contribution in [0.5, 0.6) is 0 Å². The number of nitrogens with zero attached hydrogens (tertiary/aromatic N) is 1. The molecule has 0 saturated carbocycles. The van der Waals surface area contributed by atoms with Crippen LogP contribution in [0.25, 0.3) is 0 Å². The van der Waals surface area contributed by atoms with Crippen molar-refractivity contribution in [3.63, 3.8) is 0 Å². The molecule has 5 nitrogen and oxygen atoms in total. The maximum atomic E-state index is 12.5. The fourth-order valence-corrected chi connectivity index (χ4v) is 3.30. The minimum absolute atomic E-state index is 0.123. The Morgan fingerprint density at radius 2 is 2.00 bits per heavy atom. The lowest BCUT2D eigenvalue weighted by atomic mass is 10.1. The summed E-state index contributed by atoms with van der Waals surface area (Å²) in [6.07, 6.45) is 6.43. The van der Waals surface area contributed by atoms with Crippen molar-refractivity contribution >= 4 is 10.0 Å². The van der Waals surface area contributed by atoms with Crippen LogP contribution in [0.4, 0.5) is 0 Å². The third kappa shape index (κ3) is 5.06. The van der Waals surface area contributed by atoms with Gasteiger partial charge in [0, 0.05) is 13.1 Å². The van der Waals surface area contributed by atoms with Gasteiger partial charge < -0.3 is 10.5 Å². The van der Waals surface area contributed by atoms with Crippen molar-refractivity contribution in [3.8, 4) is 0 Å². The van der Waals surface area contributed by atoms with E-state index in [9.17, 15) is 8.42 Å². The minimum Gasteiger partial charge on any atom is -0.479 e. The van der Waals surface area contributed by atoms with E-state index in [0.717, 1.165) is 12.0 Å². The van der Waals surface area contributed by atoms with E-state index in [1.165, 1.54) is 22.5 Å². The highest BCUT2D eigenvalue weighted by Crippen LogP contribution is 2.22. The highest BCUT2D eigenvalue weighted by Gasteiger charge is 2.27. The summed E-state index contributed by atoms with van der Waals surface area (Å²) in [6.45, 7) is 10.8. The molecule has 0 atom stereocenters. The molecule has 1 aliphatic rings. The molecule has 1 heterocycles. The zero-order chi connectivity index (χ0) is 15.9. The van der Waals surface area contributed by atoms with Crippen LogP contribution in [-0.2, 0) is 14.8 Å². The predicted octanol–water partition coefficient (Wildman–Crippen LogP) is 2.26. The van der Waals surface area contributed by atoms with E-state index in [4.69, 9.17) is 10.5 Å². The standard InChI is InChI=1S/C15H24N2O3S/c1-4-12-20-15(16)7-6-14(5-2)21(18,19)17-10-8-13(3)9-11-17/h5-7H,2-4,8-12,16H2,1H3/b14-6+,15-7+. The monoisotopic (exact) mass is 312 g/mol. The molecule has 0 spiro atoms. The SMILES string of the molecule is C=C/C(=C\C=C(/N)OCCC)S(=O)(=O)N1CCC(=C)CC1. The third-order valence-electron chi connectivity index (χ3n) is 3.15. The van der Waals surface area contributed by atoms with Gasteiger partial charge in [-0.3, -0.25) is 0 Å². The number of hydrogen-bond donors (Lipinski definition) is 1. The molecule has 0 amide bonds. The number of nitrogens with two attached hydrogens (primary N) is 1. The number of piperidine rings is 1. The van der Waals surface area contributed by atoms with Gasteiger partial charge in [-0.1, -0.05) is 25.7 Å². The summed E-state index contributed by atoms with van der Waals surface area (Å²) < 4.78 is 31.6. The maximum absolute atomic E-state index is 12.5. The van der Waals surface area contributed by atoms with Crippen LogP contribution in [0.3, 0.4) is 0 Å². The summed E-state index contributed by atoms with van der Waals surface area (Å²) in [5.74, 6) is 0.193. The number of sulfonamides is 1. The molecule has 0 radical (unpaired) electrons. The smallest absolute Gasteiger partial charge is 0.243 e. The number of ether oxygens (including phenoxy) is 1. The molecule has 1 saturated heterocycles. The summed E-state index contributed by atoms with van der Waals surface area (Å²) in [5, 5.41) is 0. The van der Waals surface area contributed by atoms with Crippen molar-refractivity contribution in [1.29, 1.82) is 0 Å². The van der Waals surface area contributed by atoms with Crippen molar-refractivity contribution in [2.75, 3.05) is 19.7 Å². The lowest BCUT2D eigenvalue weighted by molar-refractivity contribution is 0.210. The van der Waals surface area contributed by atoms with E-state index in [-0.39, 0.29) is 10.8 Å². The lowest BCUT2D eigenvalue weighted by Crippen LogP contribution is -2.36. The summed E-state index contributed by atoms with van der Waals surface area (Å²) in [5.41, 5.74) is 6.73. The molecule has 2 N–H and O–H groups in total. The average molecular weight is 312 g/mol. The molecule has 21 heavy (non-hydrogen) atoms. The Kier molecular flexibility index (Phi) is 6.71. The molecule has 0 aromatic rings. The normalized spacial score (nSPS) is 18.6. The molecule has 0 unspecified atom stereocenters. The Hall–Kier alpha value is -1.53. The van der Waals surface area contributed by atoms with Crippen LogP contribution >= 0.6 is 0 Å². The van der Waals surface area contributed by atoms with Crippen molar-refractivity contribution in [3.05, 3.63) is 47.7 Å². The fourth-order valence-electron chi connectivity index (χ4n) is 1.88. The zero-order valence-corrected chi connectivity index (χ0v) is 13.4. The van der Waals surface area contributed by atoms with Gasteiger partial charge in [-0.2, -0.15) is 4.31 Å². The van der Waals surface area contributed by atoms with Gasteiger partial charge in [-0.25, -0.2) is 8.42 Å². The Balaban J connectivity index is 2.87. The van der Waals surface area contributed by atoms with Crippen LogP contribution < -0.4 is 5.73 Å². The van der Waals surface area contributed by atoms with Gasteiger partial charge >= 0.3 is 0 Å². The largest absolute Gasteiger partial charge is 0.479 e. The Morgan fingerprint density at radius 3 is 2.52 bits per heavy atom. The molecule has 1 aliphatic heterocycles. The van der Waals surface area contributed by atoms with Crippen LogP contribution in [0, 0.1) is 0 Å².